The van der Waals surface area contributed by atoms with E-state index in [9.17, 15) is 4.79 Å². The quantitative estimate of drug-likeness (QED) is 0.599. The van der Waals surface area contributed by atoms with Crippen molar-refractivity contribution in [1.82, 2.24) is 20.5 Å². The number of carbonyl (C=O) groups is 1. The Morgan fingerprint density at radius 2 is 1.73 bits per heavy atom. The fourth-order valence-electron chi connectivity index (χ4n) is 3.19. The number of carbonyl (C=O) groups excluding carboxylic acids is 1. The van der Waals surface area contributed by atoms with Crippen molar-refractivity contribution in [2.24, 2.45) is 5.92 Å². The molecule has 1 aliphatic rings. The van der Waals surface area contributed by atoms with Gasteiger partial charge in [0.1, 0.15) is 5.82 Å². The highest BCUT2D eigenvalue weighted by Gasteiger charge is 2.15. The summed E-state index contributed by atoms with van der Waals surface area (Å²) in [6, 6.07) is 7.45. The third kappa shape index (κ3) is 5.98. The van der Waals surface area contributed by atoms with Crippen molar-refractivity contribution in [2.45, 2.75) is 38.5 Å². The van der Waals surface area contributed by atoms with Gasteiger partial charge in [0.05, 0.1) is 0 Å². The van der Waals surface area contributed by atoms with Crippen LogP contribution in [0.2, 0.25) is 0 Å². The van der Waals surface area contributed by atoms with Crippen LogP contribution < -0.4 is 16.0 Å². The van der Waals surface area contributed by atoms with E-state index in [1.54, 1.807) is 12.4 Å². The molecule has 0 saturated heterocycles. The third-order valence-electron chi connectivity index (χ3n) is 4.62. The maximum absolute atomic E-state index is 11.8. The smallest absolute Gasteiger partial charge is 0.220 e. The summed E-state index contributed by atoms with van der Waals surface area (Å²) in [4.78, 5) is 15.8. The summed E-state index contributed by atoms with van der Waals surface area (Å²) in [6.07, 6.45) is 10.3. The van der Waals surface area contributed by atoms with E-state index in [-0.39, 0.29) is 5.91 Å². The zero-order valence-corrected chi connectivity index (χ0v) is 14.9. The van der Waals surface area contributed by atoms with Crippen LogP contribution in [0.3, 0.4) is 0 Å². The van der Waals surface area contributed by atoms with Gasteiger partial charge < -0.3 is 16.0 Å². The summed E-state index contributed by atoms with van der Waals surface area (Å²) in [5.41, 5.74) is 0.912. The van der Waals surface area contributed by atoms with Gasteiger partial charge in [0.15, 0.2) is 5.82 Å². The Bertz CT molecular complexity index is 670. The SMILES string of the molecule is O=C(CCC1CCCC1)NCCNc1ccc(Nc2ccncc2)nn1. The van der Waals surface area contributed by atoms with Crippen LogP contribution >= 0.6 is 0 Å². The number of nitrogens with zero attached hydrogens (tertiary/aromatic N) is 3. The molecule has 1 fully saturated rings. The molecule has 2 aromatic rings. The van der Waals surface area contributed by atoms with E-state index < -0.39 is 0 Å². The normalized spacial score (nSPS) is 14.2. The highest BCUT2D eigenvalue weighted by atomic mass is 16.1. The third-order valence-corrected chi connectivity index (χ3v) is 4.62. The number of aromatic nitrogens is 3. The van der Waals surface area contributed by atoms with Gasteiger partial charge in [-0.25, -0.2) is 0 Å². The number of amides is 1. The highest BCUT2D eigenvalue weighted by Crippen LogP contribution is 2.28. The van der Waals surface area contributed by atoms with E-state index in [1.165, 1.54) is 25.7 Å². The van der Waals surface area contributed by atoms with Crippen molar-refractivity contribution in [3.63, 3.8) is 0 Å². The summed E-state index contributed by atoms with van der Waals surface area (Å²) >= 11 is 0. The second-order valence-electron chi connectivity index (χ2n) is 6.63. The number of hydrogen-bond acceptors (Lipinski definition) is 6. The largest absolute Gasteiger partial charge is 0.367 e. The lowest BCUT2D eigenvalue weighted by Gasteiger charge is -2.10. The Morgan fingerprint density at radius 3 is 2.46 bits per heavy atom. The van der Waals surface area contributed by atoms with E-state index in [0.717, 1.165) is 18.0 Å². The second-order valence-corrected chi connectivity index (χ2v) is 6.63. The molecule has 26 heavy (non-hydrogen) atoms. The van der Waals surface area contributed by atoms with Crippen LogP contribution in [0.25, 0.3) is 0 Å². The van der Waals surface area contributed by atoms with Crippen molar-refractivity contribution in [1.29, 1.82) is 0 Å². The lowest BCUT2D eigenvalue weighted by atomic mass is 10.0. The molecule has 0 atom stereocenters. The predicted molar refractivity (Wildman–Crippen MR) is 102 cm³/mol. The Morgan fingerprint density at radius 1 is 1.00 bits per heavy atom. The molecule has 0 spiro atoms. The molecule has 1 aliphatic carbocycles. The molecule has 2 aromatic heterocycles. The maximum atomic E-state index is 11.8. The van der Waals surface area contributed by atoms with Gasteiger partial charge in [-0.15, -0.1) is 10.2 Å². The average Bonchev–Trinajstić information content (AvgIpc) is 3.19. The van der Waals surface area contributed by atoms with Crippen LogP contribution in [-0.4, -0.2) is 34.2 Å². The fourth-order valence-corrected chi connectivity index (χ4v) is 3.19. The van der Waals surface area contributed by atoms with E-state index in [1.807, 2.05) is 24.3 Å². The standard InChI is InChI=1S/C19H26N6O/c26-19(8-5-15-3-1-2-4-15)22-14-13-21-17-6-7-18(25-24-17)23-16-9-11-20-12-10-16/h6-7,9-12,15H,1-5,8,13-14H2,(H,21,24)(H,22,26)(H,20,23,25). The monoisotopic (exact) mass is 354 g/mol. The Balaban J connectivity index is 1.31. The second kappa shape index (κ2) is 9.70. The first kappa shape index (κ1) is 18.1. The van der Waals surface area contributed by atoms with Gasteiger partial charge in [-0.05, 0) is 36.6 Å². The number of pyridine rings is 1. The molecule has 0 bridgehead atoms. The van der Waals surface area contributed by atoms with Crippen LogP contribution in [0.15, 0.2) is 36.7 Å². The summed E-state index contributed by atoms with van der Waals surface area (Å²) in [7, 11) is 0. The first-order chi connectivity index (χ1) is 12.8. The fraction of sp³-hybridized carbons (Fsp3) is 0.474. The zero-order valence-electron chi connectivity index (χ0n) is 14.9. The highest BCUT2D eigenvalue weighted by molar-refractivity contribution is 5.75. The van der Waals surface area contributed by atoms with Crippen molar-refractivity contribution in [3.8, 4) is 0 Å². The molecule has 0 aliphatic heterocycles. The summed E-state index contributed by atoms with van der Waals surface area (Å²) < 4.78 is 0. The Kier molecular flexibility index (Phi) is 6.75. The molecule has 1 saturated carbocycles. The van der Waals surface area contributed by atoms with Gasteiger partial charge in [-0.2, -0.15) is 0 Å². The van der Waals surface area contributed by atoms with E-state index >= 15 is 0 Å². The molecular weight excluding hydrogens is 328 g/mol. The van der Waals surface area contributed by atoms with Crippen molar-refractivity contribution in [3.05, 3.63) is 36.7 Å². The van der Waals surface area contributed by atoms with E-state index in [0.29, 0.717) is 31.1 Å². The van der Waals surface area contributed by atoms with Gasteiger partial charge in [0.25, 0.3) is 0 Å². The maximum Gasteiger partial charge on any atom is 0.220 e. The summed E-state index contributed by atoms with van der Waals surface area (Å²) in [5.74, 6) is 2.25. The number of anilines is 3. The number of hydrogen-bond donors (Lipinski definition) is 3. The summed E-state index contributed by atoms with van der Waals surface area (Å²) in [5, 5.41) is 17.5. The molecule has 0 aromatic carbocycles. The summed E-state index contributed by atoms with van der Waals surface area (Å²) in [6.45, 7) is 1.21. The predicted octanol–water partition coefficient (Wildman–Crippen LogP) is 3.11. The van der Waals surface area contributed by atoms with Gasteiger partial charge in [0, 0.05) is 37.6 Å². The van der Waals surface area contributed by atoms with Crippen LogP contribution in [0, 0.1) is 5.92 Å². The van der Waals surface area contributed by atoms with Gasteiger partial charge in [-0.3, -0.25) is 9.78 Å². The van der Waals surface area contributed by atoms with Crippen LogP contribution in [0.4, 0.5) is 17.3 Å². The molecule has 3 rings (SSSR count). The first-order valence-corrected chi connectivity index (χ1v) is 9.31. The lowest BCUT2D eigenvalue weighted by Crippen LogP contribution is -2.29. The van der Waals surface area contributed by atoms with Crippen molar-refractivity contribution < 1.29 is 4.79 Å². The molecule has 3 N–H and O–H groups in total. The molecular formula is C19H26N6O. The molecule has 2 heterocycles. The van der Waals surface area contributed by atoms with E-state index in [2.05, 4.69) is 31.1 Å². The van der Waals surface area contributed by atoms with Crippen LogP contribution in [-0.2, 0) is 4.79 Å². The van der Waals surface area contributed by atoms with Crippen molar-refractivity contribution >= 4 is 23.2 Å². The van der Waals surface area contributed by atoms with Crippen molar-refractivity contribution in [2.75, 3.05) is 23.7 Å². The number of rotatable bonds is 9. The van der Waals surface area contributed by atoms with Gasteiger partial charge in [0.2, 0.25) is 5.91 Å². The minimum Gasteiger partial charge on any atom is -0.367 e. The topological polar surface area (TPSA) is 91.8 Å². The molecule has 138 valence electrons. The minimum atomic E-state index is 0.140. The van der Waals surface area contributed by atoms with Gasteiger partial charge >= 0.3 is 0 Å². The average molecular weight is 354 g/mol. The first-order valence-electron chi connectivity index (χ1n) is 9.31. The molecule has 0 radical (unpaired) electrons. The molecule has 7 nitrogen and oxygen atoms in total. The van der Waals surface area contributed by atoms with Gasteiger partial charge in [-0.1, -0.05) is 25.7 Å². The van der Waals surface area contributed by atoms with Crippen LogP contribution in [0.1, 0.15) is 38.5 Å². The Labute approximate surface area is 154 Å². The number of nitrogens with one attached hydrogen (secondary N) is 3. The molecule has 7 heteroatoms. The minimum absolute atomic E-state index is 0.140. The van der Waals surface area contributed by atoms with Crippen LogP contribution in [0.5, 0.6) is 0 Å². The van der Waals surface area contributed by atoms with E-state index in [4.69, 9.17) is 0 Å². The molecule has 0 unspecified atom stereocenters. The Hall–Kier alpha value is -2.70. The molecule has 1 amide bonds. The lowest BCUT2D eigenvalue weighted by molar-refractivity contribution is -0.121. The zero-order chi connectivity index (χ0) is 18.0.